The summed E-state index contributed by atoms with van der Waals surface area (Å²) < 4.78 is 11.7. The quantitative estimate of drug-likeness (QED) is 0.778. The van der Waals surface area contributed by atoms with E-state index in [1.807, 2.05) is 13.8 Å². The van der Waals surface area contributed by atoms with Crippen molar-refractivity contribution in [3.05, 3.63) is 0 Å². The largest absolute Gasteiger partial charge is 0.376 e. The minimum atomic E-state index is -0.217. The molecule has 1 unspecified atom stereocenters. The summed E-state index contributed by atoms with van der Waals surface area (Å²) in [4.78, 5) is 0. The Kier molecular flexibility index (Phi) is 3.06. The number of ether oxygens (including phenoxy) is 2. The average molecular weight is 213 g/mol. The first-order valence-electron chi connectivity index (χ1n) is 6.04. The second kappa shape index (κ2) is 4.04. The van der Waals surface area contributed by atoms with Crippen LogP contribution >= 0.6 is 0 Å². The molecule has 0 aromatic rings. The fourth-order valence-electron chi connectivity index (χ4n) is 2.38. The van der Waals surface area contributed by atoms with E-state index >= 15 is 0 Å². The van der Waals surface area contributed by atoms with Crippen molar-refractivity contribution in [2.75, 3.05) is 13.2 Å². The first kappa shape index (κ1) is 11.4. The molecule has 3 heteroatoms. The van der Waals surface area contributed by atoms with Crippen molar-refractivity contribution < 1.29 is 9.47 Å². The van der Waals surface area contributed by atoms with E-state index in [0.29, 0.717) is 12.7 Å². The van der Waals surface area contributed by atoms with E-state index in [0.717, 1.165) is 19.4 Å². The molecule has 2 rings (SSSR count). The average Bonchev–Trinajstić information content (AvgIpc) is 2.12. The van der Waals surface area contributed by atoms with Crippen LogP contribution in [0.1, 0.15) is 46.0 Å². The molecule has 88 valence electrons. The number of nitrogens with two attached hydrogens (primary N) is 1. The van der Waals surface area contributed by atoms with Crippen LogP contribution in [0.15, 0.2) is 0 Å². The molecule has 0 radical (unpaired) electrons. The van der Waals surface area contributed by atoms with Crippen molar-refractivity contribution in [3.8, 4) is 0 Å². The van der Waals surface area contributed by atoms with Crippen molar-refractivity contribution >= 4 is 0 Å². The Morgan fingerprint density at radius 2 is 2.20 bits per heavy atom. The first-order valence-corrected chi connectivity index (χ1v) is 6.04. The van der Waals surface area contributed by atoms with Crippen LogP contribution in [0.25, 0.3) is 0 Å². The predicted molar refractivity (Wildman–Crippen MR) is 59.8 cm³/mol. The Morgan fingerprint density at radius 3 is 2.73 bits per heavy atom. The van der Waals surface area contributed by atoms with Gasteiger partial charge in [0.25, 0.3) is 0 Å². The molecule has 0 amide bonds. The summed E-state index contributed by atoms with van der Waals surface area (Å²) in [5.74, 6) is 0. The SMILES string of the molecule is CC(C)(N)COC1CCOC2(CCC2)C1. The van der Waals surface area contributed by atoms with Gasteiger partial charge in [0.05, 0.1) is 18.3 Å². The first-order chi connectivity index (χ1) is 6.99. The molecule has 15 heavy (non-hydrogen) atoms. The summed E-state index contributed by atoms with van der Waals surface area (Å²) in [5, 5.41) is 0. The van der Waals surface area contributed by atoms with Crippen LogP contribution in [0.3, 0.4) is 0 Å². The third-order valence-corrected chi connectivity index (χ3v) is 3.40. The maximum atomic E-state index is 5.91. The van der Waals surface area contributed by atoms with Gasteiger partial charge in [0.1, 0.15) is 0 Å². The minimum absolute atomic E-state index is 0.182. The highest BCUT2D eigenvalue weighted by atomic mass is 16.5. The summed E-state index contributed by atoms with van der Waals surface area (Å²) in [6.07, 6.45) is 6.22. The van der Waals surface area contributed by atoms with Crippen LogP contribution in [0.4, 0.5) is 0 Å². The summed E-state index contributed by atoms with van der Waals surface area (Å²) in [5.41, 5.74) is 5.88. The zero-order valence-electron chi connectivity index (χ0n) is 9.92. The maximum Gasteiger partial charge on any atom is 0.0707 e. The molecule has 1 atom stereocenters. The molecule has 0 aromatic carbocycles. The molecule has 1 spiro atoms. The number of hydrogen-bond acceptors (Lipinski definition) is 3. The molecule has 1 aliphatic carbocycles. The van der Waals surface area contributed by atoms with Gasteiger partial charge in [-0.2, -0.15) is 0 Å². The summed E-state index contributed by atoms with van der Waals surface area (Å²) in [7, 11) is 0. The fourth-order valence-corrected chi connectivity index (χ4v) is 2.38. The van der Waals surface area contributed by atoms with Gasteiger partial charge < -0.3 is 15.2 Å². The predicted octanol–water partition coefficient (Wildman–Crippen LogP) is 1.84. The summed E-state index contributed by atoms with van der Waals surface area (Å²) >= 11 is 0. The van der Waals surface area contributed by atoms with E-state index in [9.17, 15) is 0 Å². The highest BCUT2D eigenvalue weighted by Crippen LogP contribution is 2.42. The zero-order valence-corrected chi connectivity index (χ0v) is 9.92. The molecule has 0 bridgehead atoms. The van der Waals surface area contributed by atoms with Gasteiger partial charge in [0.15, 0.2) is 0 Å². The van der Waals surface area contributed by atoms with Crippen LogP contribution in [0.5, 0.6) is 0 Å². The lowest BCUT2D eigenvalue weighted by molar-refractivity contribution is -0.171. The van der Waals surface area contributed by atoms with Crippen molar-refractivity contribution in [2.45, 2.75) is 63.2 Å². The van der Waals surface area contributed by atoms with Gasteiger partial charge in [-0.25, -0.2) is 0 Å². The third-order valence-electron chi connectivity index (χ3n) is 3.40. The van der Waals surface area contributed by atoms with Gasteiger partial charge in [-0.3, -0.25) is 0 Å². The van der Waals surface area contributed by atoms with Crippen LogP contribution in [-0.4, -0.2) is 30.5 Å². The van der Waals surface area contributed by atoms with Crippen molar-refractivity contribution in [1.82, 2.24) is 0 Å². The van der Waals surface area contributed by atoms with E-state index in [1.54, 1.807) is 0 Å². The number of hydrogen-bond donors (Lipinski definition) is 1. The molecule has 1 saturated heterocycles. The Hall–Kier alpha value is -0.120. The van der Waals surface area contributed by atoms with E-state index in [2.05, 4.69) is 0 Å². The van der Waals surface area contributed by atoms with Crippen LogP contribution < -0.4 is 5.73 Å². The van der Waals surface area contributed by atoms with Gasteiger partial charge >= 0.3 is 0 Å². The molecule has 2 N–H and O–H groups in total. The Labute approximate surface area is 92.3 Å². The van der Waals surface area contributed by atoms with Gasteiger partial charge in [0.2, 0.25) is 0 Å². The molecule has 3 nitrogen and oxygen atoms in total. The van der Waals surface area contributed by atoms with E-state index < -0.39 is 0 Å². The Morgan fingerprint density at radius 1 is 1.47 bits per heavy atom. The normalized spacial score (nSPS) is 30.2. The number of rotatable bonds is 3. The van der Waals surface area contributed by atoms with Gasteiger partial charge in [-0.1, -0.05) is 0 Å². The lowest BCUT2D eigenvalue weighted by Crippen LogP contribution is -2.49. The van der Waals surface area contributed by atoms with E-state index in [1.165, 1.54) is 19.3 Å². The van der Waals surface area contributed by atoms with Gasteiger partial charge in [-0.05, 0) is 39.5 Å². The van der Waals surface area contributed by atoms with Gasteiger partial charge in [0, 0.05) is 18.6 Å². The van der Waals surface area contributed by atoms with E-state index in [-0.39, 0.29) is 11.1 Å². The Bertz CT molecular complexity index is 218. The summed E-state index contributed by atoms with van der Waals surface area (Å²) in [6, 6.07) is 0. The van der Waals surface area contributed by atoms with Crippen LogP contribution in [0.2, 0.25) is 0 Å². The highest BCUT2D eigenvalue weighted by Gasteiger charge is 2.43. The lowest BCUT2D eigenvalue weighted by Gasteiger charge is -2.47. The molecule has 1 heterocycles. The maximum absolute atomic E-state index is 5.91. The summed E-state index contributed by atoms with van der Waals surface area (Å²) in [6.45, 7) is 5.51. The lowest BCUT2D eigenvalue weighted by atomic mass is 9.74. The highest BCUT2D eigenvalue weighted by molar-refractivity contribution is 4.94. The standard InChI is InChI=1S/C12H23NO2/c1-11(2,13)9-14-10-4-7-15-12(8-10)5-3-6-12/h10H,3-9,13H2,1-2H3. The third kappa shape index (κ3) is 2.92. The van der Waals surface area contributed by atoms with Crippen molar-refractivity contribution in [2.24, 2.45) is 5.73 Å². The van der Waals surface area contributed by atoms with Crippen molar-refractivity contribution in [3.63, 3.8) is 0 Å². The molecule has 2 aliphatic rings. The van der Waals surface area contributed by atoms with Crippen molar-refractivity contribution in [1.29, 1.82) is 0 Å². The fraction of sp³-hybridized carbons (Fsp3) is 1.00. The smallest absolute Gasteiger partial charge is 0.0707 e. The van der Waals surface area contributed by atoms with E-state index in [4.69, 9.17) is 15.2 Å². The van der Waals surface area contributed by atoms with Crippen LogP contribution in [-0.2, 0) is 9.47 Å². The molecular formula is C12H23NO2. The molecule has 1 saturated carbocycles. The minimum Gasteiger partial charge on any atom is -0.376 e. The second-order valence-corrected chi connectivity index (χ2v) is 5.80. The topological polar surface area (TPSA) is 44.5 Å². The molecule has 0 aromatic heterocycles. The molecule has 1 aliphatic heterocycles. The monoisotopic (exact) mass is 213 g/mol. The molecular weight excluding hydrogens is 190 g/mol. The molecule has 2 fully saturated rings. The zero-order chi connectivity index (χ0) is 10.9. The second-order valence-electron chi connectivity index (χ2n) is 5.80. The van der Waals surface area contributed by atoms with Gasteiger partial charge in [-0.15, -0.1) is 0 Å². The van der Waals surface area contributed by atoms with Crippen LogP contribution in [0, 0.1) is 0 Å². The Balaban J connectivity index is 1.78.